The maximum absolute atomic E-state index is 13.6. The van der Waals surface area contributed by atoms with Crippen LogP contribution in [0.25, 0.3) is 0 Å². The summed E-state index contributed by atoms with van der Waals surface area (Å²) in [6.07, 6.45) is 2.42. The lowest BCUT2D eigenvalue weighted by Gasteiger charge is -2.31. The highest BCUT2D eigenvalue weighted by atomic mass is 32.1. The molecular weight excluding hydrogens is 431 g/mol. The molecule has 1 fully saturated rings. The minimum atomic E-state index is -4.46. The lowest BCUT2D eigenvalue weighted by molar-refractivity contribution is -0.189. The summed E-state index contributed by atoms with van der Waals surface area (Å²) in [4.78, 5) is 25.7. The number of rotatable bonds is 7. The molecule has 0 saturated heterocycles. The molecule has 4 rings (SSSR count). The number of halogens is 3. The van der Waals surface area contributed by atoms with Gasteiger partial charge >= 0.3 is 6.18 Å². The zero-order valence-corrected chi connectivity index (χ0v) is 18.0. The molecule has 7 nitrogen and oxygen atoms in total. The Balaban J connectivity index is 1.48. The molecule has 2 aliphatic carbocycles. The van der Waals surface area contributed by atoms with E-state index in [-0.39, 0.29) is 24.7 Å². The fraction of sp³-hybridized carbons (Fsp3) is 0.600. The minimum absolute atomic E-state index is 0.126. The number of fused-ring (bicyclic) bond motifs is 1. The van der Waals surface area contributed by atoms with E-state index in [1.54, 1.807) is 0 Å². The van der Waals surface area contributed by atoms with Crippen LogP contribution >= 0.6 is 11.3 Å². The van der Waals surface area contributed by atoms with E-state index in [2.05, 4.69) is 10.6 Å². The number of hydrogen-bond acceptors (Lipinski definition) is 6. The number of anilines is 1. The van der Waals surface area contributed by atoms with Crippen molar-refractivity contribution in [1.82, 2.24) is 15.3 Å². The van der Waals surface area contributed by atoms with Crippen LogP contribution < -0.4 is 16.4 Å². The summed E-state index contributed by atoms with van der Waals surface area (Å²) in [6, 6.07) is -1.50. The van der Waals surface area contributed by atoms with Gasteiger partial charge in [-0.25, -0.2) is 5.01 Å². The standard InChI is InChI=1S/C20H26F3N5O2S/c1-27-17(20(21,22)23)11(8-25-12-6-7-12)9-28(27)10-15(29)26-19-16(18(24)30)13-4-2-3-5-14(13)31-19/h9,12,17,25H,2-8,10H2,1H3,(H2,24,30)(H,26,29). The summed E-state index contributed by atoms with van der Waals surface area (Å²) in [5.41, 5.74) is 6.95. The molecule has 1 aliphatic heterocycles. The number of hydrazine groups is 1. The molecule has 1 saturated carbocycles. The van der Waals surface area contributed by atoms with Gasteiger partial charge in [-0.3, -0.25) is 9.59 Å². The lowest BCUT2D eigenvalue weighted by atomic mass is 9.95. The Labute approximate surface area is 182 Å². The average Bonchev–Trinajstić information content (AvgIpc) is 3.35. The molecule has 2 heterocycles. The minimum Gasteiger partial charge on any atom is -0.365 e. The first-order chi connectivity index (χ1) is 14.6. The van der Waals surface area contributed by atoms with Crippen molar-refractivity contribution < 1.29 is 22.8 Å². The van der Waals surface area contributed by atoms with Crippen molar-refractivity contribution >= 4 is 28.2 Å². The first-order valence-corrected chi connectivity index (χ1v) is 11.2. The molecule has 1 unspecified atom stereocenters. The monoisotopic (exact) mass is 457 g/mol. The quantitative estimate of drug-likeness (QED) is 0.585. The van der Waals surface area contributed by atoms with Gasteiger partial charge < -0.3 is 21.4 Å². The van der Waals surface area contributed by atoms with E-state index in [0.29, 0.717) is 10.6 Å². The number of hydrogen-bond donors (Lipinski definition) is 3. The van der Waals surface area contributed by atoms with E-state index in [0.717, 1.165) is 54.0 Å². The largest absolute Gasteiger partial charge is 0.409 e. The topological polar surface area (TPSA) is 90.7 Å². The predicted octanol–water partition coefficient (Wildman–Crippen LogP) is 2.39. The second-order valence-electron chi connectivity index (χ2n) is 8.30. The maximum atomic E-state index is 13.6. The third-order valence-corrected chi connectivity index (χ3v) is 7.11. The zero-order chi connectivity index (χ0) is 22.3. The molecule has 0 bridgehead atoms. The highest BCUT2D eigenvalue weighted by molar-refractivity contribution is 7.17. The molecule has 11 heteroatoms. The normalized spacial score (nSPS) is 21.7. The van der Waals surface area contributed by atoms with Crippen LogP contribution in [0.15, 0.2) is 11.8 Å². The van der Waals surface area contributed by atoms with Crippen molar-refractivity contribution in [2.24, 2.45) is 5.73 Å². The van der Waals surface area contributed by atoms with Crippen molar-refractivity contribution in [2.45, 2.75) is 56.8 Å². The van der Waals surface area contributed by atoms with Crippen LogP contribution in [0.1, 0.15) is 46.5 Å². The van der Waals surface area contributed by atoms with E-state index in [9.17, 15) is 22.8 Å². The molecule has 0 radical (unpaired) electrons. The fourth-order valence-corrected chi connectivity index (χ4v) is 5.55. The molecular formula is C20H26F3N5O2S. The van der Waals surface area contributed by atoms with Gasteiger partial charge in [0.15, 0.2) is 0 Å². The van der Waals surface area contributed by atoms with Crippen LogP contribution in [-0.2, 0) is 17.6 Å². The SMILES string of the molecule is CN1C(C(F)(F)F)C(CNC2CC2)=CN1CC(=O)Nc1sc2c(c1C(N)=O)CCCC2. The molecule has 170 valence electrons. The summed E-state index contributed by atoms with van der Waals surface area (Å²) in [5, 5.41) is 8.52. The highest BCUT2D eigenvalue weighted by Crippen LogP contribution is 2.38. The second-order valence-corrected chi connectivity index (χ2v) is 9.41. The average molecular weight is 458 g/mol. The lowest BCUT2D eigenvalue weighted by Crippen LogP contribution is -2.49. The van der Waals surface area contributed by atoms with Crippen molar-refractivity contribution in [3.8, 4) is 0 Å². The Morgan fingerprint density at radius 1 is 1.26 bits per heavy atom. The smallest absolute Gasteiger partial charge is 0.365 e. The summed E-state index contributed by atoms with van der Waals surface area (Å²) >= 11 is 1.33. The van der Waals surface area contributed by atoms with E-state index in [1.165, 1.54) is 29.6 Å². The number of aryl methyl sites for hydroxylation is 1. The number of thiophene rings is 1. The van der Waals surface area contributed by atoms with Gasteiger partial charge in [-0.2, -0.15) is 13.2 Å². The molecule has 1 aromatic rings. The number of likely N-dealkylation sites (N-methyl/N-ethyl adjacent to an activating group) is 1. The van der Waals surface area contributed by atoms with Gasteiger partial charge in [0.05, 0.1) is 5.56 Å². The number of amides is 2. The molecule has 1 aromatic heterocycles. The first-order valence-electron chi connectivity index (χ1n) is 10.4. The van der Waals surface area contributed by atoms with E-state index in [4.69, 9.17) is 5.73 Å². The van der Waals surface area contributed by atoms with Crippen LogP contribution in [0.4, 0.5) is 18.2 Å². The van der Waals surface area contributed by atoms with Gasteiger partial charge in [0.25, 0.3) is 5.91 Å². The van der Waals surface area contributed by atoms with Crippen molar-refractivity contribution in [2.75, 3.05) is 25.5 Å². The van der Waals surface area contributed by atoms with Crippen LogP contribution in [-0.4, -0.2) is 60.2 Å². The Bertz CT molecular complexity index is 909. The molecule has 0 aromatic carbocycles. The van der Waals surface area contributed by atoms with E-state index < -0.39 is 24.0 Å². The van der Waals surface area contributed by atoms with Crippen molar-refractivity contribution in [1.29, 1.82) is 0 Å². The molecule has 0 spiro atoms. The first kappa shape index (κ1) is 22.1. The third kappa shape index (κ3) is 4.73. The van der Waals surface area contributed by atoms with E-state index in [1.807, 2.05) is 0 Å². The Morgan fingerprint density at radius 3 is 2.61 bits per heavy atom. The number of carbonyl (C=O) groups excluding carboxylic acids is 2. The highest BCUT2D eigenvalue weighted by Gasteiger charge is 2.49. The summed E-state index contributed by atoms with van der Waals surface area (Å²) in [6.45, 7) is -0.169. The Kier molecular flexibility index (Phi) is 6.01. The van der Waals surface area contributed by atoms with Gasteiger partial charge in [-0.1, -0.05) is 0 Å². The second kappa shape index (κ2) is 8.44. The molecule has 2 amide bonds. The molecule has 3 aliphatic rings. The van der Waals surface area contributed by atoms with Crippen LogP contribution in [0.2, 0.25) is 0 Å². The summed E-state index contributed by atoms with van der Waals surface area (Å²) < 4.78 is 40.9. The van der Waals surface area contributed by atoms with Gasteiger partial charge in [0.1, 0.15) is 17.6 Å². The Hall–Kier alpha value is -2.11. The zero-order valence-electron chi connectivity index (χ0n) is 17.2. The van der Waals surface area contributed by atoms with Gasteiger partial charge in [-0.05, 0) is 49.7 Å². The maximum Gasteiger partial charge on any atom is 0.409 e. The molecule has 31 heavy (non-hydrogen) atoms. The molecule has 1 atom stereocenters. The number of nitrogens with zero attached hydrogens (tertiary/aromatic N) is 2. The van der Waals surface area contributed by atoms with Crippen LogP contribution in [0.3, 0.4) is 0 Å². The number of primary amides is 1. The Morgan fingerprint density at radius 2 is 1.97 bits per heavy atom. The summed E-state index contributed by atoms with van der Waals surface area (Å²) in [5.74, 6) is -1.10. The van der Waals surface area contributed by atoms with Crippen molar-refractivity contribution in [3.05, 3.63) is 27.8 Å². The van der Waals surface area contributed by atoms with E-state index >= 15 is 0 Å². The van der Waals surface area contributed by atoms with Gasteiger partial charge in [0, 0.05) is 30.7 Å². The number of nitrogens with one attached hydrogen (secondary N) is 2. The van der Waals surface area contributed by atoms with Crippen LogP contribution in [0.5, 0.6) is 0 Å². The van der Waals surface area contributed by atoms with Gasteiger partial charge in [-0.15, -0.1) is 11.3 Å². The van der Waals surface area contributed by atoms with Gasteiger partial charge in [0.2, 0.25) is 5.91 Å². The number of nitrogens with two attached hydrogens (primary N) is 1. The predicted molar refractivity (Wildman–Crippen MR) is 112 cm³/mol. The molecule has 4 N–H and O–H groups in total. The van der Waals surface area contributed by atoms with Crippen LogP contribution in [0, 0.1) is 0 Å². The fourth-order valence-electron chi connectivity index (χ4n) is 4.24. The number of carbonyl (C=O) groups is 2. The number of alkyl halides is 3. The summed E-state index contributed by atoms with van der Waals surface area (Å²) in [7, 11) is 1.32. The van der Waals surface area contributed by atoms with Crippen molar-refractivity contribution in [3.63, 3.8) is 0 Å². The third-order valence-electron chi connectivity index (χ3n) is 5.90.